The van der Waals surface area contributed by atoms with E-state index in [0.717, 1.165) is 10.0 Å². The molecule has 0 aromatic heterocycles. The van der Waals surface area contributed by atoms with Crippen molar-refractivity contribution in [1.29, 1.82) is 0 Å². The molecule has 1 aliphatic rings. The Morgan fingerprint density at radius 1 is 1.40 bits per heavy atom. The number of hydrogen-bond donors (Lipinski definition) is 1. The first kappa shape index (κ1) is 11.1. The van der Waals surface area contributed by atoms with E-state index in [1.807, 2.05) is 24.3 Å². The lowest BCUT2D eigenvalue weighted by Crippen LogP contribution is -2.54. The molecule has 2 N–H and O–H groups in total. The molecule has 0 unspecified atom stereocenters. The van der Waals surface area contributed by atoms with Crippen LogP contribution < -0.4 is 5.73 Å². The van der Waals surface area contributed by atoms with Gasteiger partial charge in [-0.1, -0.05) is 34.1 Å². The normalized spacial score (nSPS) is 34.9. The van der Waals surface area contributed by atoms with Crippen LogP contribution in [0.3, 0.4) is 0 Å². The minimum absolute atomic E-state index is 0.163. The molecule has 1 nitrogen and oxygen atoms in total. The summed E-state index contributed by atoms with van der Waals surface area (Å²) in [6, 6.07) is 7.96. The largest absolute Gasteiger partial charge is 0.330 e. The Labute approximate surface area is 98.0 Å². The molecule has 0 spiro atoms. The van der Waals surface area contributed by atoms with Gasteiger partial charge in [0.05, 0.1) is 0 Å². The molecule has 15 heavy (non-hydrogen) atoms. The van der Waals surface area contributed by atoms with Gasteiger partial charge in [-0.05, 0) is 31.4 Å². The van der Waals surface area contributed by atoms with Crippen molar-refractivity contribution in [3.8, 4) is 0 Å². The van der Waals surface area contributed by atoms with Gasteiger partial charge in [0.25, 0.3) is 0 Å². The lowest BCUT2D eigenvalue weighted by molar-refractivity contribution is 0.00238. The van der Waals surface area contributed by atoms with Crippen LogP contribution in [0.4, 0.5) is 4.39 Å². The Balaban J connectivity index is 2.34. The third-order valence-electron chi connectivity index (χ3n) is 3.25. The molecule has 1 aromatic carbocycles. The molecule has 1 fully saturated rings. The van der Waals surface area contributed by atoms with Crippen LogP contribution in [-0.2, 0) is 5.41 Å². The van der Waals surface area contributed by atoms with Crippen LogP contribution in [0.2, 0.25) is 0 Å². The molecule has 1 aliphatic carbocycles. The van der Waals surface area contributed by atoms with Gasteiger partial charge in [0.15, 0.2) is 0 Å². The first-order chi connectivity index (χ1) is 6.99. The molecule has 1 saturated carbocycles. The summed E-state index contributed by atoms with van der Waals surface area (Å²) in [6.07, 6.45) is 1.05. The van der Waals surface area contributed by atoms with E-state index in [0.29, 0.717) is 19.4 Å². The highest BCUT2D eigenvalue weighted by atomic mass is 79.9. The zero-order valence-corrected chi connectivity index (χ0v) is 10.3. The summed E-state index contributed by atoms with van der Waals surface area (Å²) in [5.41, 5.74) is 5.73. The highest BCUT2D eigenvalue weighted by Gasteiger charge is 2.53. The van der Waals surface area contributed by atoms with Gasteiger partial charge in [-0.25, -0.2) is 4.39 Å². The second-order valence-corrected chi connectivity index (χ2v) is 5.59. The van der Waals surface area contributed by atoms with Crippen molar-refractivity contribution in [3.05, 3.63) is 34.3 Å². The predicted octanol–water partition coefficient (Wildman–Crippen LogP) is 3.17. The van der Waals surface area contributed by atoms with E-state index >= 15 is 0 Å². The van der Waals surface area contributed by atoms with Crippen molar-refractivity contribution in [1.82, 2.24) is 0 Å². The molecule has 0 bridgehead atoms. The zero-order chi connectivity index (χ0) is 11.1. The second kappa shape index (κ2) is 3.56. The topological polar surface area (TPSA) is 26.0 Å². The Hall–Kier alpha value is -0.410. The highest BCUT2D eigenvalue weighted by molar-refractivity contribution is 9.10. The summed E-state index contributed by atoms with van der Waals surface area (Å²) in [5, 5.41) is 0. The standard InChI is InChI=1S/C12H15BrFN/c1-11(14)6-12(7-11,8-15)9-4-2-3-5-10(9)13/h2-5H,6-8,15H2,1H3. The van der Waals surface area contributed by atoms with Gasteiger partial charge in [-0.3, -0.25) is 0 Å². The van der Waals surface area contributed by atoms with Crippen LogP contribution in [0.15, 0.2) is 28.7 Å². The maximum Gasteiger partial charge on any atom is 0.110 e. The predicted molar refractivity (Wildman–Crippen MR) is 63.6 cm³/mol. The Morgan fingerprint density at radius 2 is 2.00 bits per heavy atom. The van der Waals surface area contributed by atoms with E-state index in [4.69, 9.17) is 5.73 Å². The first-order valence-electron chi connectivity index (χ1n) is 5.13. The van der Waals surface area contributed by atoms with E-state index in [9.17, 15) is 4.39 Å². The molecule has 0 radical (unpaired) electrons. The molecule has 3 heteroatoms. The maximum absolute atomic E-state index is 13.6. The lowest BCUT2D eigenvalue weighted by atomic mass is 9.57. The minimum atomic E-state index is -1.05. The molecule has 0 amide bonds. The van der Waals surface area contributed by atoms with Crippen molar-refractivity contribution in [2.24, 2.45) is 5.73 Å². The fourth-order valence-electron chi connectivity index (χ4n) is 2.70. The number of nitrogens with two attached hydrogens (primary N) is 1. The van der Waals surface area contributed by atoms with Crippen LogP contribution in [0.25, 0.3) is 0 Å². The SMILES string of the molecule is CC1(F)CC(CN)(c2ccccc2Br)C1. The van der Waals surface area contributed by atoms with E-state index in [2.05, 4.69) is 15.9 Å². The van der Waals surface area contributed by atoms with Gasteiger partial charge in [0.2, 0.25) is 0 Å². The number of halogens is 2. The lowest BCUT2D eigenvalue weighted by Gasteiger charge is -2.50. The van der Waals surface area contributed by atoms with Crippen molar-refractivity contribution < 1.29 is 4.39 Å². The van der Waals surface area contributed by atoms with Gasteiger partial charge in [-0.2, -0.15) is 0 Å². The Kier molecular flexibility index (Phi) is 2.63. The maximum atomic E-state index is 13.6. The van der Waals surface area contributed by atoms with Crippen LogP contribution >= 0.6 is 15.9 Å². The van der Waals surface area contributed by atoms with Gasteiger partial charge in [0, 0.05) is 16.4 Å². The smallest absolute Gasteiger partial charge is 0.110 e. The summed E-state index contributed by atoms with van der Waals surface area (Å²) in [4.78, 5) is 0. The molecule has 1 aromatic rings. The average molecular weight is 272 g/mol. The molecule has 0 heterocycles. The third kappa shape index (κ3) is 1.83. The van der Waals surface area contributed by atoms with Crippen LogP contribution in [-0.4, -0.2) is 12.2 Å². The van der Waals surface area contributed by atoms with Crippen molar-refractivity contribution in [2.75, 3.05) is 6.54 Å². The molecular weight excluding hydrogens is 257 g/mol. The van der Waals surface area contributed by atoms with Gasteiger partial charge in [-0.15, -0.1) is 0 Å². The van der Waals surface area contributed by atoms with E-state index < -0.39 is 5.67 Å². The molecule has 82 valence electrons. The fourth-order valence-corrected chi connectivity index (χ4v) is 3.40. The highest BCUT2D eigenvalue weighted by Crippen LogP contribution is 2.53. The average Bonchev–Trinajstić information content (AvgIpc) is 2.14. The molecule has 0 saturated heterocycles. The van der Waals surface area contributed by atoms with Crippen molar-refractivity contribution in [2.45, 2.75) is 30.8 Å². The van der Waals surface area contributed by atoms with Gasteiger partial charge in [0.1, 0.15) is 5.67 Å². The first-order valence-corrected chi connectivity index (χ1v) is 5.92. The van der Waals surface area contributed by atoms with E-state index in [1.165, 1.54) is 0 Å². The summed E-state index contributed by atoms with van der Waals surface area (Å²) in [6.45, 7) is 2.16. The van der Waals surface area contributed by atoms with Crippen LogP contribution in [0, 0.1) is 0 Å². The Morgan fingerprint density at radius 3 is 2.47 bits per heavy atom. The van der Waals surface area contributed by atoms with Gasteiger partial charge < -0.3 is 5.73 Å². The summed E-state index contributed by atoms with van der Waals surface area (Å²) in [5.74, 6) is 0. The summed E-state index contributed by atoms with van der Waals surface area (Å²) >= 11 is 3.51. The zero-order valence-electron chi connectivity index (χ0n) is 8.76. The number of rotatable bonds is 2. The molecule has 0 atom stereocenters. The fraction of sp³-hybridized carbons (Fsp3) is 0.500. The van der Waals surface area contributed by atoms with E-state index in [1.54, 1.807) is 6.92 Å². The van der Waals surface area contributed by atoms with Crippen LogP contribution in [0.5, 0.6) is 0 Å². The summed E-state index contributed by atoms with van der Waals surface area (Å²) < 4.78 is 14.7. The van der Waals surface area contributed by atoms with Crippen molar-refractivity contribution in [3.63, 3.8) is 0 Å². The quantitative estimate of drug-likeness (QED) is 0.879. The molecule has 0 aliphatic heterocycles. The molecular formula is C12H15BrFN. The number of alkyl halides is 1. The minimum Gasteiger partial charge on any atom is -0.330 e. The second-order valence-electron chi connectivity index (χ2n) is 4.73. The number of benzene rings is 1. The van der Waals surface area contributed by atoms with E-state index in [-0.39, 0.29) is 5.41 Å². The van der Waals surface area contributed by atoms with Crippen molar-refractivity contribution >= 4 is 15.9 Å². The Bertz CT molecular complexity index is 368. The third-order valence-corrected chi connectivity index (χ3v) is 3.94. The van der Waals surface area contributed by atoms with Gasteiger partial charge >= 0.3 is 0 Å². The van der Waals surface area contributed by atoms with Crippen LogP contribution in [0.1, 0.15) is 25.3 Å². The monoisotopic (exact) mass is 271 g/mol. The summed E-state index contributed by atoms with van der Waals surface area (Å²) in [7, 11) is 0. The molecule has 2 rings (SSSR count). The number of hydrogen-bond acceptors (Lipinski definition) is 1.